The van der Waals surface area contributed by atoms with Gasteiger partial charge in [0.2, 0.25) is 5.91 Å². The average molecular weight is 236 g/mol. The molecular weight excluding hydrogens is 216 g/mol. The van der Waals surface area contributed by atoms with E-state index in [0.717, 1.165) is 12.2 Å². The molecule has 4 nitrogen and oxygen atoms in total. The molecule has 0 fully saturated rings. The monoisotopic (exact) mass is 236 g/mol. The van der Waals surface area contributed by atoms with Crippen molar-refractivity contribution in [2.75, 3.05) is 13.7 Å². The third-order valence-corrected chi connectivity index (χ3v) is 2.93. The normalized spacial score (nSPS) is 14.0. The van der Waals surface area contributed by atoms with E-state index in [0.29, 0.717) is 13.0 Å². The van der Waals surface area contributed by atoms with Gasteiger partial charge in [0.15, 0.2) is 0 Å². The van der Waals surface area contributed by atoms with Gasteiger partial charge in [0.1, 0.15) is 5.75 Å². The molecule has 0 heterocycles. The molecule has 1 atom stereocenters. The molecule has 0 saturated carbocycles. The van der Waals surface area contributed by atoms with Gasteiger partial charge in [0.05, 0.1) is 12.1 Å². The van der Waals surface area contributed by atoms with Crippen LogP contribution in [-0.2, 0) is 4.79 Å². The van der Waals surface area contributed by atoms with Crippen LogP contribution in [0.15, 0.2) is 30.3 Å². The summed E-state index contributed by atoms with van der Waals surface area (Å²) in [5, 5.41) is 2.95. The third kappa shape index (κ3) is 4.07. The van der Waals surface area contributed by atoms with Crippen molar-refractivity contribution in [1.29, 1.82) is 0 Å². The van der Waals surface area contributed by atoms with Crippen molar-refractivity contribution >= 4 is 5.91 Å². The maximum atomic E-state index is 11.2. The van der Waals surface area contributed by atoms with E-state index < -0.39 is 5.54 Å². The Labute approximate surface area is 102 Å². The molecule has 0 aliphatic rings. The number of ether oxygens (including phenoxy) is 1. The summed E-state index contributed by atoms with van der Waals surface area (Å²) in [6.45, 7) is 2.38. The Kier molecular flexibility index (Phi) is 4.97. The van der Waals surface area contributed by atoms with Crippen molar-refractivity contribution in [3.05, 3.63) is 30.3 Å². The third-order valence-electron chi connectivity index (χ3n) is 2.93. The standard InChI is InChI=1S/C13H20N2O2/c1-13(15-2,12(14)16)9-6-10-17-11-7-4-3-5-8-11/h3-5,7-8,15H,6,9-10H2,1-2H3,(H2,14,16). The SMILES string of the molecule is CNC(C)(CCCOc1ccccc1)C(N)=O. The van der Waals surface area contributed by atoms with Crippen LogP contribution < -0.4 is 15.8 Å². The van der Waals surface area contributed by atoms with Crippen LogP contribution >= 0.6 is 0 Å². The van der Waals surface area contributed by atoms with Crippen molar-refractivity contribution < 1.29 is 9.53 Å². The molecule has 1 aromatic carbocycles. The van der Waals surface area contributed by atoms with Crippen molar-refractivity contribution in [2.45, 2.75) is 25.3 Å². The predicted molar refractivity (Wildman–Crippen MR) is 67.8 cm³/mol. The van der Waals surface area contributed by atoms with Gasteiger partial charge in [-0.15, -0.1) is 0 Å². The minimum atomic E-state index is -0.653. The number of benzene rings is 1. The number of rotatable bonds is 7. The lowest BCUT2D eigenvalue weighted by molar-refractivity contribution is -0.123. The first-order chi connectivity index (χ1) is 8.08. The van der Waals surface area contributed by atoms with Gasteiger partial charge in [-0.05, 0) is 38.9 Å². The predicted octanol–water partition coefficient (Wildman–Crippen LogP) is 1.31. The molecule has 3 N–H and O–H groups in total. The molecule has 1 aromatic rings. The Morgan fingerprint density at radius 1 is 1.41 bits per heavy atom. The van der Waals surface area contributed by atoms with E-state index in [1.807, 2.05) is 30.3 Å². The molecule has 0 saturated heterocycles. The maximum Gasteiger partial charge on any atom is 0.237 e. The molecule has 4 heteroatoms. The Hall–Kier alpha value is -1.55. The molecule has 1 amide bonds. The van der Waals surface area contributed by atoms with Gasteiger partial charge < -0.3 is 15.8 Å². The van der Waals surface area contributed by atoms with E-state index >= 15 is 0 Å². The van der Waals surface area contributed by atoms with Gasteiger partial charge in [0.25, 0.3) is 0 Å². The highest BCUT2D eigenvalue weighted by Crippen LogP contribution is 2.13. The Balaban J connectivity index is 2.31. The van der Waals surface area contributed by atoms with Gasteiger partial charge in [-0.2, -0.15) is 0 Å². The maximum absolute atomic E-state index is 11.2. The number of para-hydroxylation sites is 1. The number of hydrogen-bond acceptors (Lipinski definition) is 3. The highest BCUT2D eigenvalue weighted by atomic mass is 16.5. The molecule has 1 rings (SSSR count). The van der Waals surface area contributed by atoms with E-state index in [2.05, 4.69) is 5.32 Å². The molecule has 0 aromatic heterocycles. The molecule has 17 heavy (non-hydrogen) atoms. The zero-order chi connectivity index (χ0) is 12.7. The summed E-state index contributed by atoms with van der Waals surface area (Å²) in [6, 6.07) is 9.61. The number of nitrogens with one attached hydrogen (secondary N) is 1. The molecule has 0 spiro atoms. The minimum Gasteiger partial charge on any atom is -0.494 e. The van der Waals surface area contributed by atoms with Crippen LogP contribution in [0.4, 0.5) is 0 Å². The average Bonchev–Trinajstić information content (AvgIpc) is 2.35. The van der Waals surface area contributed by atoms with E-state index in [9.17, 15) is 4.79 Å². The van der Waals surface area contributed by atoms with Crippen LogP contribution in [0.2, 0.25) is 0 Å². The number of hydrogen-bond donors (Lipinski definition) is 2. The zero-order valence-electron chi connectivity index (χ0n) is 10.4. The highest BCUT2D eigenvalue weighted by Gasteiger charge is 2.27. The van der Waals surface area contributed by atoms with Crippen LogP contribution in [0.5, 0.6) is 5.75 Å². The second-order valence-electron chi connectivity index (χ2n) is 4.21. The Morgan fingerprint density at radius 3 is 2.59 bits per heavy atom. The number of likely N-dealkylation sites (N-methyl/N-ethyl adjacent to an activating group) is 1. The minimum absolute atomic E-state index is 0.334. The van der Waals surface area contributed by atoms with E-state index in [1.54, 1.807) is 14.0 Å². The molecule has 94 valence electrons. The van der Waals surface area contributed by atoms with Crippen molar-refractivity contribution in [3.8, 4) is 5.75 Å². The number of carbonyl (C=O) groups excluding carboxylic acids is 1. The van der Waals surface area contributed by atoms with Crippen LogP contribution in [-0.4, -0.2) is 25.1 Å². The molecule has 0 aliphatic carbocycles. The fourth-order valence-corrected chi connectivity index (χ4v) is 1.50. The largest absolute Gasteiger partial charge is 0.494 e. The van der Waals surface area contributed by atoms with E-state index in [-0.39, 0.29) is 5.91 Å². The second-order valence-corrected chi connectivity index (χ2v) is 4.21. The quantitative estimate of drug-likeness (QED) is 0.702. The number of primary amides is 1. The van der Waals surface area contributed by atoms with Crippen LogP contribution in [0, 0.1) is 0 Å². The molecule has 1 unspecified atom stereocenters. The fraction of sp³-hybridized carbons (Fsp3) is 0.462. The summed E-state index contributed by atoms with van der Waals surface area (Å²) in [5.74, 6) is 0.512. The first-order valence-corrected chi connectivity index (χ1v) is 5.75. The van der Waals surface area contributed by atoms with Gasteiger partial charge in [-0.3, -0.25) is 4.79 Å². The first-order valence-electron chi connectivity index (χ1n) is 5.75. The van der Waals surface area contributed by atoms with Gasteiger partial charge >= 0.3 is 0 Å². The summed E-state index contributed by atoms with van der Waals surface area (Å²) >= 11 is 0. The number of amides is 1. The smallest absolute Gasteiger partial charge is 0.237 e. The Morgan fingerprint density at radius 2 is 2.06 bits per heavy atom. The summed E-state index contributed by atoms with van der Waals surface area (Å²) < 4.78 is 5.55. The summed E-state index contributed by atoms with van der Waals surface area (Å²) in [6.07, 6.45) is 1.43. The zero-order valence-corrected chi connectivity index (χ0v) is 10.4. The molecule has 0 bridgehead atoms. The van der Waals surface area contributed by atoms with Crippen molar-refractivity contribution in [2.24, 2.45) is 5.73 Å². The van der Waals surface area contributed by atoms with E-state index in [1.165, 1.54) is 0 Å². The lowest BCUT2D eigenvalue weighted by Crippen LogP contribution is -2.51. The highest BCUT2D eigenvalue weighted by molar-refractivity contribution is 5.84. The number of nitrogens with two attached hydrogens (primary N) is 1. The summed E-state index contributed by atoms with van der Waals surface area (Å²) in [4.78, 5) is 11.2. The summed E-state index contributed by atoms with van der Waals surface area (Å²) in [7, 11) is 1.74. The lowest BCUT2D eigenvalue weighted by atomic mass is 9.95. The van der Waals surface area contributed by atoms with Gasteiger partial charge in [-0.1, -0.05) is 18.2 Å². The van der Waals surface area contributed by atoms with Crippen LogP contribution in [0.3, 0.4) is 0 Å². The van der Waals surface area contributed by atoms with Gasteiger partial charge in [-0.25, -0.2) is 0 Å². The fourth-order valence-electron chi connectivity index (χ4n) is 1.50. The van der Waals surface area contributed by atoms with Crippen molar-refractivity contribution in [3.63, 3.8) is 0 Å². The van der Waals surface area contributed by atoms with E-state index in [4.69, 9.17) is 10.5 Å². The topological polar surface area (TPSA) is 64.3 Å². The van der Waals surface area contributed by atoms with Crippen LogP contribution in [0.1, 0.15) is 19.8 Å². The molecule has 0 radical (unpaired) electrons. The number of carbonyl (C=O) groups is 1. The van der Waals surface area contributed by atoms with Crippen molar-refractivity contribution in [1.82, 2.24) is 5.32 Å². The summed E-state index contributed by atoms with van der Waals surface area (Å²) in [5.41, 5.74) is 4.68. The first kappa shape index (κ1) is 13.5. The van der Waals surface area contributed by atoms with Crippen LogP contribution in [0.25, 0.3) is 0 Å². The molecular formula is C13H20N2O2. The lowest BCUT2D eigenvalue weighted by Gasteiger charge is -2.25. The van der Waals surface area contributed by atoms with Gasteiger partial charge in [0, 0.05) is 0 Å². The Bertz CT molecular complexity index is 354. The molecule has 0 aliphatic heterocycles. The second kappa shape index (κ2) is 6.25.